The van der Waals surface area contributed by atoms with Crippen molar-refractivity contribution in [2.75, 3.05) is 0 Å². The highest BCUT2D eigenvalue weighted by Crippen LogP contribution is 2.32. The van der Waals surface area contributed by atoms with Crippen molar-refractivity contribution in [3.63, 3.8) is 0 Å². The quantitative estimate of drug-likeness (QED) is 0.415. The lowest BCUT2D eigenvalue weighted by atomic mass is 10.0. The fourth-order valence-electron chi connectivity index (χ4n) is 2.85. The molecule has 2 aromatic carbocycles. The average molecular weight is 325 g/mol. The van der Waals surface area contributed by atoms with Crippen LogP contribution >= 0.6 is 15.9 Å². The fraction of sp³-hybridized carbons (Fsp3) is 0.118. The Morgan fingerprint density at radius 3 is 2.60 bits per heavy atom. The van der Waals surface area contributed by atoms with E-state index in [0.29, 0.717) is 0 Å². The van der Waals surface area contributed by atoms with Gasteiger partial charge in [0.05, 0.1) is 5.52 Å². The molecule has 0 radical (unpaired) electrons. The van der Waals surface area contributed by atoms with E-state index >= 15 is 0 Å². The minimum Gasteiger partial charge on any atom is -0.299 e. The third kappa shape index (κ3) is 1.53. The van der Waals surface area contributed by atoms with Crippen LogP contribution in [-0.2, 0) is 0 Å². The van der Waals surface area contributed by atoms with Crippen LogP contribution < -0.4 is 0 Å². The molecule has 3 heteroatoms. The van der Waals surface area contributed by atoms with Crippen LogP contribution in [0.2, 0.25) is 0 Å². The highest BCUT2D eigenvalue weighted by molar-refractivity contribution is 9.10. The minimum absolute atomic E-state index is 1.01. The van der Waals surface area contributed by atoms with Gasteiger partial charge in [0, 0.05) is 27.6 Å². The van der Waals surface area contributed by atoms with E-state index in [9.17, 15) is 0 Å². The molecule has 0 aliphatic heterocycles. The number of hydrogen-bond donors (Lipinski definition) is 0. The molecule has 98 valence electrons. The van der Waals surface area contributed by atoms with Crippen molar-refractivity contribution in [3.8, 4) is 0 Å². The topological polar surface area (TPSA) is 17.3 Å². The van der Waals surface area contributed by atoms with E-state index in [-0.39, 0.29) is 0 Å². The van der Waals surface area contributed by atoms with Crippen LogP contribution in [0.4, 0.5) is 0 Å². The molecule has 2 nitrogen and oxygen atoms in total. The van der Waals surface area contributed by atoms with Crippen molar-refractivity contribution in [1.29, 1.82) is 0 Å². The van der Waals surface area contributed by atoms with Gasteiger partial charge in [0.25, 0.3) is 0 Å². The van der Waals surface area contributed by atoms with Crippen molar-refractivity contribution >= 4 is 43.3 Å². The molecular weight excluding hydrogens is 312 g/mol. The zero-order valence-corrected chi connectivity index (χ0v) is 12.9. The molecule has 0 saturated heterocycles. The average Bonchev–Trinajstić information content (AvgIpc) is 2.90. The summed E-state index contributed by atoms with van der Waals surface area (Å²) in [5.41, 5.74) is 4.86. The largest absolute Gasteiger partial charge is 0.299 e. The van der Waals surface area contributed by atoms with Crippen LogP contribution in [0.5, 0.6) is 0 Å². The second-order valence-corrected chi connectivity index (χ2v) is 6.18. The first-order chi connectivity index (χ1) is 9.65. The van der Waals surface area contributed by atoms with Crippen LogP contribution in [0.1, 0.15) is 11.1 Å². The Kier molecular flexibility index (Phi) is 2.42. The molecule has 0 fully saturated rings. The van der Waals surface area contributed by atoms with Crippen LogP contribution in [0, 0.1) is 13.8 Å². The maximum absolute atomic E-state index is 4.53. The summed E-state index contributed by atoms with van der Waals surface area (Å²) in [7, 11) is 0. The SMILES string of the molecule is Cc1cc2c3ccc(Br)cc3c3nccn3c2cc1C. The zero-order valence-electron chi connectivity index (χ0n) is 11.3. The van der Waals surface area contributed by atoms with Gasteiger partial charge in [-0.15, -0.1) is 0 Å². The highest BCUT2D eigenvalue weighted by Gasteiger charge is 2.10. The van der Waals surface area contributed by atoms with Crippen LogP contribution in [0.25, 0.3) is 27.3 Å². The second-order valence-electron chi connectivity index (χ2n) is 5.26. The molecule has 0 saturated carbocycles. The molecule has 20 heavy (non-hydrogen) atoms. The normalized spacial score (nSPS) is 11.8. The van der Waals surface area contributed by atoms with Gasteiger partial charge >= 0.3 is 0 Å². The molecule has 0 bridgehead atoms. The van der Waals surface area contributed by atoms with E-state index in [4.69, 9.17) is 0 Å². The van der Waals surface area contributed by atoms with Gasteiger partial charge < -0.3 is 0 Å². The summed E-state index contributed by atoms with van der Waals surface area (Å²) in [5, 5.41) is 3.71. The summed E-state index contributed by atoms with van der Waals surface area (Å²) in [4.78, 5) is 4.53. The summed E-state index contributed by atoms with van der Waals surface area (Å²) in [6.07, 6.45) is 3.90. The van der Waals surface area contributed by atoms with Crippen molar-refractivity contribution in [3.05, 3.63) is 58.3 Å². The predicted molar refractivity (Wildman–Crippen MR) is 87.4 cm³/mol. The number of pyridine rings is 1. The number of fused-ring (bicyclic) bond motifs is 6. The van der Waals surface area contributed by atoms with Gasteiger partial charge in [0.15, 0.2) is 0 Å². The van der Waals surface area contributed by atoms with E-state index in [0.717, 1.165) is 10.1 Å². The molecule has 0 spiro atoms. The molecule has 4 rings (SSSR count). The molecule has 0 aliphatic carbocycles. The minimum atomic E-state index is 1.01. The molecule has 0 aliphatic rings. The molecular formula is C17H13BrN2. The van der Waals surface area contributed by atoms with Crippen molar-refractivity contribution in [1.82, 2.24) is 9.38 Å². The number of rotatable bonds is 0. The Morgan fingerprint density at radius 2 is 1.75 bits per heavy atom. The maximum Gasteiger partial charge on any atom is 0.145 e. The third-order valence-electron chi connectivity index (χ3n) is 4.03. The van der Waals surface area contributed by atoms with E-state index in [1.807, 2.05) is 12.4 Å². The standard InChI is InChI=1S/C17H13BrN2/c1-10-7-14-13-4-3-12(18)9-15(13)17-19-5-6-20(17)16(14)8-11(10)2/h3-9H,1-2H3. The number of hydrogen-bond acceptors (Lipinski definition) is 1. The molecule has 0 unspecified atom stereocenters. The van der Waals surface area contributed by atoms with Gasteiger partial charge in [-0.1, -0.05) is 22.0 Å². The number of aryl methyl sites for hydroxylation is 2. The lowest BCUT2D eigenvalue weighted by Gasteiger charge is -2.11. The fourth-order valence-corrected chi connectivity index (χ4v) is 3.21. The first-order valence-corrected chi connectivity index (χ1v) is 7.40. The van der Waals surface area contributed by atoms with Gasteiger partial charge in [-0.2, -0.15) is 0 Å². The summed E-state index contributed by atoms with van der Waals surface area (Å²) in [6, 6.07) is 10.9. The van der Waals surface area contributed by atoms with Gasteiger partial charge in [-0.05, 0) is 54.6 Å². The molecule has 2 aromatic heterocycles. The number of benzene rings is 2. The van der Waals surface area contributed by atoms with Crippen LogP contribution in [-0.4, -0.2) is 9.38 Å². The Labute approximate surface area is 125 Å². The molecule has 0 N–H and O–H groups in total. The second kappa shape index (κ2) is 4.06. The lowest BCUT2D eigenvalue weighted by molar-refractivity contribution is 1.25. The first kappa shape index (κ1) is 11.9. The number of aromatic nitrogens is 2. The smallest absolute Gasteiger partial charge is 0.145 e. The lowest BCUT2D eigenvalue weighted by Crippen LogP contribution is -1.93. The molecule has 2 heterocycles. The van der Waals surface area contributed by atoms with Gasteiger partial charge in [-0.25, -0.2) is 4.98 Å². The molecule has 4 aromatic rings. The van der Waals surface area contributed by atoms with Gasteiger partial charge in [0.2, 0.25) is 0 Å². The summed E-state index contributed by atoms with van der Waals surface area (Å²) in [6.45, 7) is 4.32. The van der Waals surface area contributed by atoms with Gasteiger partial charge in [0.1, 0.15) is 5.65 Å². The van der Waals surface area contributed by atoms with E-state index in [1.54, 1.807) is 0 Å². The van der Waals surface area contributed by atoms with Crippen LogP contribution in [0.15, 0.2) is 47.2 Å². The summed E-state index contributed by atoms with van der Waals surface area (Å²) < 4.78 is 3.26. The maximum atomic E-state index is 4.53. The molecule has 0 amide bonds. The number of nitrogens with zero attached hydrogens (tertiary/aromatic N) is 2. The molecule has 0 atom stereocenters. The predicted octanol–water partition coefficient (Wildman–Crippen LogP) is 5.02. The first-order valence-electron chi connectivity index (χ1n) is 6.60. The Morgan fingerprint density at radius 1 is 0.950 bits per heavy atom. The Balaban J connectivity index is 2.39. The summed E-state index contributed by atoms with van der Waals surface area (Å²) >= 11 is 3.56. The van der Waals surface area contributed by atoms with E-state index in [2.05, 4.69) is 69.5 Å². The van der Waals surface area contributed by atoms with Crippen molar-refractivity contribution in [2.24, 2.45) is 0 Å². The van der Waals surface area contributed by atoms with Gasteiger partial charge in [-0.3, -0.25) is 4.40 Å². The van der Waals surface area contributed by atoms with E-state index < -0.39 is 0 Å². The Hall–Kier alpha value is -1.87. The monoisotopic (exact) mass is 324 g/mol. The zero-order chi connectivity index (χ0) is 13.9. The van der Waals surface area contributed by atoms with Crippen molar-refractivity contribution < 1.29 is 0 Å². The van der Waals surface area contributed by atoms with Crippen LogP contribution in [0.3, 0.4) is 0 Å². The number of imidazole rings is 1. The summed E-state index contributed by atoms with van der Waals surface area (Å²) in [5.74, 6) is 0. The van der Waals surface area contributed by atoms with Crippen molar-refractivity contribution in [2.45, 2.75) is 13.8 Å². The van der Waals surface area contributed by atoms with E-state index in [1.165, 1.54) is 32.8 Å². The third-order valence-corrected chi connectivity index (χ3v) is 4.52. The highest BCUT2D eigenvalue weighted by atomic mass is 79.9. The number of halogens is 1. The Bertz CT molecular complexity index is 983.